The second-order valence-electron chi connectivity index (χ2n) is 4.78. The van der Waals surface area contributed by atoms with E-state index in [0.717, 1.165) is 28.0 Å². The molecule has 0 bridgehead atoms. The number of fused-ring (bicyclic) bond motifs is 1. The first-order valence-electron chi connectivity index (χ1n) is 6.32. The normalized spacial score (nSPS) is 14.9. The fraction of sp³-hybridized carbons (Fsp3) is 0.286. The van der Waals surface area contributed by atoms with Gasteiger partial charge in [0.2, 0.25) is 0 Å². The molecule has 3 nitrogen and oxygen atoms in total. The van der Waals surface area contributed by atoms with E-state index in [9.17, 15) is 18.0 Å². The van der Waals surface area contributed by atoms with Crippen molar-refractivity contribution >= 4 is 17.2 Å². The Kier molecular flexibility index (Phi) is 3.44. The number of alkyl halides is 3. The fourth-order valence-corrected chi connectivity index (χ4v) is 3.22. The minimum absolute atomic E-state index is 0.264. The van der Waals surface area contributed by atoms with E-state index in [4.69, 9.17) is 0 Å². The summed E-state index contributed by atoms with van der Waals surface area (Å²) >= 11 is 0.891. The molecule has 0 aromatic carbocycles. The number of carbonyl (C=O) groups is 1. The van der Waals surface area contributed by atoms with Crippen LogP contribution in [0.1, 0.15) is 27.2 Å². The average Bonchev–Trinajstić information content (AvgIpc) is 2.95. The van der Waals surface area contributed by atoms with E-state index in [1.54, 1.807) is 12.3 Å². The van der Waals surface area contributed by atoms with Crippen LogP contribution in [0.25, 0.3) is 0 Å². The molecule has 110 valence electrons. The minimum Gasteiger partial charge on any atom is -0.334 e. The second kappa shape index (κ2) is 5.14. The van der Waals surface area contributed by atoms with Crippen LogP contribution in [0.3, 0.4) is 0 Å². The predicted molar refractivity (Wildman–Crippen MR) is 72.0 cm³/mol. The first-order chi connectivity index (χ1) is 9.97. The van der Waals surface area contributed by atoms with E-state index in [-0.39, 0.29) is 5.56 Å². The molecule has 1 aliphatic heterocycles. The molecule has 21 heavy (non-hydrogen) atoms. The van der Waals surface area contributed by atoms with E-state index in [1.807, 2.05) is 6.07 Å². The third kappa shape index (κ3) is 2.65. The Hall–Kier alpha value is -1.89. The molecule has 2 aromatic rings. The molecule has 0 N–H and O–H groups in total. The standard InChI is InChI=1S/C14H11F3N2OS/c15-14(16,17)11-8-21-7-10(11)13(20)19-5-3-12-9(6-19)2-1-4-18-12/h1-2,4,7-8H,3,5-6H2. The van der Waals surface area contributed by atoms with E-state index in [2.05, 4.69) is 4.98 Å². The zero-order chi connectivity index (χ0) is 15.0. The quantitative estimate of drug-likeness (QED) is 0.809. The van der Waals surface area contributed by atoms with E-state index in [1.165, 1.54) is 10.3 Å². The number of pyridine rings is 1. The van der Waals surface area contributed by atoms with Gasteiger partial charge >= 0.3 is 6.18 Å². The van der Waals surface area contributed by atoms with Gasteiger partial charge in [-0.3, -0.25) is 9.78 Å². The highest BCUT2D eigenvalue weighted by atomic mass is 32.1. The maximum absolute atomic E-state index is 12.9. The van der Waals surface area contributed by atoms with Crippen LogP contribution in [0.2, 0.25) is 0 Å². The summed E-state index contributed by atoms with van der Waals surface area (Å²) in [6.45, 7) is 0.686. The van der Waals surface area contributed by atoms with Crippen LogP contribution in [0.15, 0.2) is 29.1 Å². The number of carbonyl (C=O) groups excluding carboxylic acids is 1. The van der Waals surface area contributed by atoms with Gasteiger partial charge in [0.05, 0.1) is 11.1 Å². The summed E-state index contributed by atoms with van der Waals surface area (Å²) in [5.74, 6) is -0.571. The Morgan fingerprint density at radius 1 is 1.33 bits per heavy atom. The lowest BCUT2D eigenvalue weighted by atomic mass is 10.0. The maximum atomic E-state index is 12.9. The number of thiophene rings is 1. The number of halogens is 3. The smallest absolute Gasteiger partial charge is 0.334 e. The number of hydrogen-bond donors (Lipinski definition) is 0. The molecule has 7 heteroatoms. The zero-order valence-electron chi connectivity index (χ0n) is 10.9. The van der Waals surface area contributed by atoms with Crippen molar-refractivity contribution < 1.29 is 18.0 Å². The summed E-state index contributed by atoms with van der Waals surface area (Å²) < 4.78 is 38.6. The topological polar surface area (TPSA) is 33.2 Å². The molecule has 0 spiro atoms. The fourth-order valence-electron chi connectivity index (χ4n) is 2.39. The molecule has 1 aliphatic rings. The summed E-state index contributed by atoms with van der Waals surface area (Å²) in [6.07, 6.45) is -2.26. The Labute approximate surface area is 123 Å². The average molecular weight is 312 g/mol. The van der Waals surface area contributed by atoms with Gasteiger partial charge < -0.3 is 4.90 Å². The van der Waals surface area contributed by atoms with Crippen LogP contribution in [-0.2, 0) is 19.1 Å². The van der Waals surface area contributed by atoms with Crippen molar-refractivity contribution in [3.63, 3.8) is 0 Å². The van der Waals surface area contributed by atoms with Crippen LogP contribution in [-0.4, -0.2) is 22.3 Å². The number of amides is 1. The summed E-state index contributed by atoms with van der Waals surface area (Å²) in [5.41, 5.74) is 0.679. The van der Waals surface area contributed by atoms with Gasteiger partial charge in [-0.2, -0.15) is 24.5 Å². The van der Waals surface area contributed by atoms with Gasteiger partial charge in [-0.25, -0.2) is 0 Å². The lowest BCUT2D eigenvalue weighted by molar-refractivity contribution is -0.137. The van der Waals surface area contributed by atoms with Gasteiger partial charge in [-0.05, 0) is 11.6 Å². The lowest BCUT2D eigenvalue weighted by Gasteiger charge is -2.28. The van der Waals surface area contributed by atoms with Crippen molar-refractivity contribution in [2.45, 2.75) is 19.1 Å². The van der Waals surface area contributed by atoms with Crippen molar-refractivity contribution in [2.24, 2.45) is 0 Å². The van der Waals surface area contributed by atoms with E-state index >= 15 is 0 Å². The number of hydrogen-bond acceptors (Lipinski definition) is 3. The SMILES string of the molecule is O=C(c1cscc1C(F)(F)F)N1CCc2ncccc2C1. The highest BCUT2D eigenvalue weighted by Gasteiger charge is 2.37. The molecule has 1 amide bonds. The van der Waals surface area contributed by atoms with Crippen LogP contribution in [0, 0.1) is 0 Å². The molecule has 2 aromatic heterocycles. The number of nitrogens with zero attached hydrogens (tertiary/aromatic N) is 2. The van der Waals surface area contributed by atoms with Gasteiger partial charge in [0.15, 0.2) is 0 Å². The number of aromatic nitrogens is 1. The van der Waals surface area contributed by atoms with Crippen molar-refractivity contribution in [1.82, 2.24) is 9.88 Å². The Balaban J connectivity index is 1.86. The van der Waals surface area contributed by atoms with Crippen molar-refractivity contribution in [3.05, 3.63) is 51.5 Å². The van der Waals surface area contributed by atoms with Gasteiger partial charge in [0.25, 0.3) is 5.91 Å². The van der Waals surface area contributed by atoms with Crippen LogP contribution >= 0.6 is 11.3 Å². The first-order valence-corrected chi connectivity index (χ1v) is 7.26. The van der Waals surface area contributed by atoms with Crippen LogP contribution < -0.4 is 0 Å². The minimum atomic E-state index is -4.50. The Bertz CT molecular complexity index is 681. The molecule has 0 radical (unpaired) electrons. The monoisotopic (exact) mass is 312 g/mol. The van der Waals surface area contributed by atoms with Gasteiger partial charge in [-0.1, -0.05) is 6.07 Å². The third-order valence-electron chi connectivity index (χ3n) is 3.45. The van der Waals surface area contributed by atoms with Gasteiger partial charge in [-0.15, -0.1) is 0 Å². The van der Waals surface area contributed by atoms with Gasteiger partial charge in [0, 0.05) is 42.2 Å². The molecule has 0 saturated heterocycles. The number of rotatable bonds is 1. The molecular weight excluding hydrogens is 301 g/mol. The first kappa shape index (κ1) is 14.1. The maximum Gasteiger partial charge on any atom is 0.417 e. The molecule has 0 fully saturated rings. The van der Waals surface area contributed by atoms with Gasteiger partial charge in [0.1, 0.15) is 0 Å². The highest BCUT2D eigenvalue weighted by Crippen LogP contribution is 2.35. The summed E-state index contributed by atoms with van der Waals surface area (Å²) in [5, 5.41) is 2.25. The Morgan fingerprint density at radius 3 is 2.90 bits per heavy atom. The van der Waals surface area contributed by atoms with Crippen molar-refractivity contribution in [3.8, 4) is 0 Å². The van der Waals surface area contributed by atoms with E-state index < -0.39 is 17.6 Å². The van der Waals surface area contributed by atoms with Crippen molar-refractivity contribution in [2.75, 3.05) is 6.54 Å². The second-order valence-corrected chi connectivity index (χ2v) is 5.53. The largest absolute Gasteiger partial charge is 0.417 e. The molecule has 3 rings (SSSR count). The molecule has 3 heterocycles. The molecular formula is C14H11F3N2OS. The molecule has 0 saturated carbocycles. The molecule has 0 unspecified atom stereocenters. The van der Waals surface area contributed by atoms with Crippen LogP contribution in [0.5, 0.6) is 0 Å². The third-order valence-corrected chi connectivity index (χ3v) is 4.19. The predicted octanol–water partition coefficient (Wildman–Crippen LogP) is 3.36. The van der Waals surface area contributed by atoms with E-state index in [0.29, 0.717) is 19.5 Å². The summed E-state index contributed by atoms with van der Waals surface area (Å²) in [6, 6.07) is 3.61. The summed E-state index contributed by atoms with van der Waals surface area (Å²) in [7, 11) is 0. The summed E-state index contributed by atoms with van der Waals surface area (Å²) in [4.78, 5) is 18.0. The lowest BCUT2D eigenvalue weighted by Crippen LogP contribution is -2.36. The molecule has 0 aliphatic carbocycles. The molecule has 0 atom stereocenters. The van der Waals surface area contributed by atoms with Crippen LogP contribution in [0.4, 0.5) is 13.2 Å². The highest BCUT2D eigenvalue weighted by molar-refractivity contribution is 7.08. The van der Waals surface area contributed by atoms with Crippen molar-refractivity contribution in [1.29, 1.82) is 0 Å². The Morgan fingerprint density at radius 2 is 2.14 bits per heavy atom. The zero-order valence-corrected chi connectivity index (χ0v) is 11.7.